The fourth-order valence-corrected chi connectivity index (χ4v) is 2.10. The Morgan fingerprint density at radius 2 is 2.05 bits per heavy atom. The Balaban J connectivity index is 2.62. The molecule has 3 nitrogen and oxygen atoms in total. The van der Waals surface area contributed by atoms with E-state index < -0.39 is 17.8 Å². The molecule has 6 heteroatoms. The minimum atomic E-state index is -4.38. The summed E-state index contributed by atoms with van der Waals surface area (Å²) in [5.41, 5.74) is 0.156. The topological polar surface area (TPSA) is 38.0 Å². The Morgan fingerprint density at radius 1 is 1.37 bits per heavy atom. The summed E-state index contributed by atoms with van der Waals surface area (Å²) < 4.78 is 39.7. The zero-order valence-corrected chi connectivity index (χ0v) is 10.7. The lowest BCUT2D eigenvalue weighted by atomic mass is 10.2. The number of benzene rings is 1. The predicted octanol–water partition coefficient (Wildman–Crippen LogP) is 3.52. The van der Waals surface area contributed by atoms with Crippen molar-refractivity contribution in [2.75, 3.05) is 0 Å². The summed E-state index contributed by atoms with van der Waals surface area (Å²) in [6.45, 7) is 4.13. The summed E-state index contributed by atoms with van der Waals surface area (Å²) in [5, 5.41) is 9.66. The van der Waals surface area contributed by atoms with Gasteiger partial charge in [-0.3, -0.25) is 0 Å². The number of fused-ring (bicyclic) bond motifs is 1. The van der Waals surface area contributed by atoms with Gasteiger partial charge in [-0.2, -0.15) is 13.2 Å². The molecule has 0 saturated carbocycles. The molecule has 2 aromatic rings. The van der Waals surface area contributed by atoms with Gasteiger partial charge in [-0.05, 0) is 31.5 Å². The van der Waals surface area contributed by atoms with Crippen LogP contribution in [0.5, 0.6) is 0 Å². The van der Waals surface area contributed by atoms with Crippen LogP contribution in [-0.4, -0.2) is 14.7 Å². The average molecular weight is 272 g/mol. The van der Waals surface area contributed by atoms with Crippen molar-refractivity contribution in [1.29, 1.82) is 0 Å². The molecule has 1 N–H and O–H groups in total. The van der Waals surface area contributed by atoms with Crippen molar-refractivity contribution in [1.82, 2.24) is 9.55 Å². The van der Waals surface area contributed by atoms with E-state index >= 15 is 0 Å². The smallest absolute Gasteiger partial charge is 0.385 e. The van der Waals surface area contributed by atoms with E-state index in [4.69, 9.17) is 0 Å². The third-order valence-corrected chi connectivity index (χ3v) is 2.93. The molecule has 0 aliphatic carbocycles. The number of hydrogen-bond donors (Lipinski definition) is 1. The van der Waals surface area contributed by atoms with Gasteiger partial charge in [0.1, 0.15) is 11.9 Å². The van der Waals surface area contributed by atoms with Crippen molar-refractivity contribution < 1.29 is 18.3 Å². The first-order valence-electron chi connectivity index (χ1n) is 6.10. The molecule has 1 unspecified atom stereocenters. The second-order valence-corrected chi connectivity index (χ2v) is 4.50. The molecule has 1 heterocycles. The zero-order chi connectivity index (χ0) is 14.2. The highest BCUT2D eigenvalue weighted by molar-refractivity contribution is 5.77. The summed E-state index contributed by atoms with van der Waals surface area (Å²) in [7, 11) is 0. The van der Waals surface area contributed by atoms with Crippen LogP contribution < -0.4 is 0 Å². The Kier molecular flexibility index (Phi) is 3.54. The van der Waals surface area contributed by atoms with E-state index in [1.165, 1.54) is 6.07 Å². The van der Waals surface area contributed by atoms with Crippen LogP contribution >= 0.6 is 0 Å². The third-order valence-electron chi connectivity index (χ3n) is 2.93. The minimum Gasteiger partial charge on any atom is -0.385 e. The molecule has 1 atom stereocenters. The van der Waals surface area contributed by atoms with Gasteiger partial charge in [-0.1, -0.05) is 6.92 Å². The fourth-order valence-electron chi connectivity index (χ4n) is 2.10. The van der Waals surface area contributed by atoms with E-state index in [1.54, 1.807) is 11.5 Å². The van der Waals surface area contributed by atoms with Gasteiger partial charge in [0.25, 0.3) is 0 Å². The van der Waals surface area contributed by atoms with Crippen LogP contribution in [0.3, 0.4) is 0 Å². The van der Waals surface area contributed by atoms with Gasteiger partial charge in [0.2, 0.25) is 0 Å². The second-order valence-electron chi connectivity index (χ2n) is 4.50. The van der Waals surface area contributed by atoms with Crippen LogP contribution in [0, 0.1) is 0 Å². The third kappa shape index (κ3) is 2.58. The van der Waals surface area contributed by atoms with Crippen LogP contribution in [0.25, 0.3) is 11.0 Å². The van der Waals surface area contributed by atoms with Crippen LogP contribution in [0.2, 0.25) is 0 Å². The number of imidazole rings is 1. The van der Waals surface area contributed by atoms with Crippen molar-refractivity contribution in [2.45, 2.75) is 39.1 Å². The normalized spacial score (nSPS) is 14.0. The molecule has 1 aromatic heterocycles. The number of aliphatic hydroxyl groups excluding tert-OH is 1. The molecule has 0 amide bonds. The van der Waals surface area contributed by atoms with Gasteiger partial charge in [-0.15, -0.1) is 0 Å². The van der Waals surface area contributed by atoms with E-state index in [0.29, 0.717) is 17.9 Å². The highest BCUT2D eigenvalue weighted by atomic mass is 19.4. The summed E-state index contributed by atoms with van der Waals surface area (Å²) >= 11 is 0. The van der Waals surface area contributed by atoms with Crippen molar-refractivity contribution in [3.05, 3.63) is 29.6 Å². The fraction of sp³-hybridized carbons (Fsp3) is 0.462. The zero-order valence-electron chi connectivity index (χ0n) is 10.7. The lowest BCUT2D eigenvalue weighted by Gasteiger charge is -2.09. The summed E-state index contributed by atoms with van der Waals surface area (Å²) in [6.07, 6.45) is -4.38. The second kappa shape index (κ2) is 4.85. The molecule has 19 heavy (non-hydrogen) atoms. The lowest BCUT2D eigenvalue weighted by molar-refractivity contribution is -0.137. The van der Waals surface area contributed by atoms with Gasteiger partial charge in [0, 0.05) is 6.54 Å². The number of nitrogens with zero attached hydrogens (tertiary/aromatic N) is 2. The molecular weight excluding hydrogens is 257 g/mol. The van der Waals surface area contributed by atoms with Gasteiger partial charge in [0.15, 0.2) is 0 Å². The molecule has 0 radical (unpaired) electrons. The standard InChI is InChI=1S/C13H15F3N2O/c1-3-6-18-11-5-4-9(13(14,15)16)7-10(11)17-12(18)8(2)19/h4-5,7-8,19H,3,6H2,1-2H3. The van der Waals surface area contributed by atoms with E-state index in [0.717, 1.165) is 18.6 Å². The highest BCUT2D eigenvalue weighted by Gasteiger charge is 2.31. The molecular formula is C13H15F3N2O. The van der Waals surface area contributed by atoms with Gasteiger partial charge in [-0.25, -0.2) is 4.98 Å². The maximum Gasteiger partial charge on any atom is 0.416 e. The van der Waals surface area contributed by atoms with Crippen molar-refractivity contribution in [3.63, 3.8) is 0 Å². The molecule has 0 saturated heterocycles. The first-order chi connectivity index (χ1) is 8.84. The largest absolute Gasteiger partial charge is 0.416 e. The Bertz CT molecular complexity index is 587. The quantitative estimate of drug-likeness (QED) is 0.928. The lowest BCUT2D eigenvalue weighted by Crippen LogP contribution is -2.06. The number of alkyl halides is 3. The number of aryl methyl sites for hydroxylation is 1. The highest BCUT2D eigenvalue weighted by Crippen LogP contribution is 2.32. The molecule has 0 aliphatic heterocycles. The molecule has 0 spiro atoms. The van der Waals surface area contributed by atoms with E-state index in [2.05, 4.69) is 4.98 Å². The van der Waals surface area contributed by atoms with E-state index in [-0.39, 0.29) is 5.52 Å². The Labute approximate surface area is 108 Å². The van der Waals surface area contributed by atoms with Crippen LogP contribution in [-0.2, 0) is 12.7 Å². The van der Waals surface area contributed by atoms with Gasteiger partial charge >= 0.3 is 6.18 Å². The predicted molar refractivity (Wildman–Crippen MR) is 65.7 cm³/mol. The van der Waals surface area contributed by atoms with Crippen LogP contribution in [0.4, 0.5) is 13.2 Å². The number of aromatic nitrogens is 2. The van der Waals surface area contributed by atoms with E-state index in [1.807, 2.05) is 6.92 Å². The minimum absolute atomic E-state index is 0.263. The molecule has 1 aromatic carbocycles. The van der Waals surface area contributed by atoms with Crippen LogP contribution in [0.1, 0.15) is 37.8 Å². The maximum absolute atomic E-state index is 12.6. The monoisotopic (exact) mass is 272 g/mol. The molecule has 2 rings (SSSR count). The number of aliphatic hydroxyl groups is 1. The van der Waals surface area contributed by atoms with Gasteiger partial charge in [0.05, 0.1) is 16.6 Å². The summed E-state index contributed by atoms with van der Waals surface area (Å²) in [5.74, 6) is 0.399. The first-order valence-corrected chi connectivity index (χ1v) is 6.10. The molecule has 0 fully saturated rings. The summed E-state index contributed by atoms with van der Waals surface area (Å²) in [4.78, 5) is 4.12. The first kappa shape index (κ1) is 13.9. The van der Waals surface area contributed by atoms with Crippen molar-refractivity contribution in [2.24, 2.45) is 0 Å². The average Bonchev–Trinajstić information content (AvgIpc) is 2.67. The summed E-state index contributed by atoms with van der Waals surface area (Å²) in [6, 6.07) is 3.47. The molecule has 0 aliphatic rings. The number of halogens is 3. The number of rotatable bonds is 3. The van der Waals surface area contributed by atoms with E-state index in [9.17, 15) is 18.3 Å². The molecule has 104 valence electrons. The van der Waals surface area contributed by atoms with Crippen LogP contribution in [0.15, 0.2) is 18.2 Å². The molecule has 0 bridgehead atoms. The number of hydrogen-bond acceptors (Lipinski definition) is 2. The SMILES string of the molecule is CCCn1c(C(C)O)nc2cc(C(F)(F)F)ccc21. The maximum atomic E-state index is 12.6. The Hall–Kier alpha value is -1.56. The Morgan fingerprint density at radius 3 is 2.58 bits per heavy atom. The van der Waals surface area contributed by atoms with Crippen molar-refractivity contribution in [3.8, 4) is 0 Å². The van der Waals surface area contributed by atoms with Gasteiger partial charge < -0.3 is 9.67 Å². The van der Waals surface area contributed by atoms with Crippen molar-refractivity contribution >= 4 is 11.0 Å².